The molecule has 0 N–H and O–H groups in total. The lowest BCUT2D eigenvalue weighted by molar-refractivity contribution is 0.703. The van der Waals surface area contributed by atoms with E-state index in [2.05, 4.69) is 69.8 Å². The van der Waals surface area contributed by atoms with E-state index in [0.717, 1.165) is 16.6 Å². The predicted octanol–water partition coefficient (Wildman–Crippen LogP) is 5.26. The molecule has 0 aliphatic heterocycles. The predicted molar refractivity (Wildman–Crippen MR) is 87.2 cm³/mol. The van der Waals surface area contributed by atoms with Crippen molar-refractivity contribution >= 4 is 27.3 Å². The summed E-state index contributed by atoms with van der Waals surface area (Å²) in [6, 6.07) is 17.0. The zero-order valence-corrected chi connectivity index (χ0v) is 13.1. The Hall–Kier alpha value is -1.45. The summed E-state index contributed by atoms with van der Waals surface area (Å²) < 4.78 is 1.10. The smallest absolute Gasteiger partial charge is 0.101 e. The second-order valence-corrected chi connectivity index (χ2v) is 6.84. The lowest BCUT2D eigenvalue weighted by Gasteiger charge is -2.28. The van der Waals surface area contributed by atoms with Crippen molar-refractivity contribution in [3.05, 3.63) is 74.5 Å². The highest BCUT2D eigenvalue weighted by molar-refractivity contribution is 9.10. The standard InChI is InChI=1S/C17H12BrNS/c18-13-7-5-11(6-8-13)16-10-20-17(19-16)15-9-12-3-1-2-4-14(12)15/h1-8,10,15H,9H2. The Labute approximate surface area is 130 Å². The van der Waals surface area contributed by atoms with Gasteiger partial charge in [0.2, 0.25) is 0 Å². The molecule has 1 nitrogen and oxygen atoms in total. The number of aromatic nitrogens is 1. The number of fused-ring (bicyclic) bond motifs is 1. The molecule has 1 aliphatic carbocycles. The van der Waals surface area contributed by atoms with Crippen molar-refractivity contribution in [3.63, 3.8) is 0 Å². The van der Waals surface area contributed by atoms with Gasteiger partial charge in [-0.2, -0.15) is 0 Å². The molecule has 1 aliphatic rings. The summed E-state index contributed by atoms with van der Waals surface area (Å²) in [5, 5.41) is 3.40. The van der Waals surface area contributed by atoms with E-state index in [1.165, 1.54) is 21.7 Å². The molecular weight excluding hydrogens is 330 g/mol. The summed E-state index contributed by atoms with van der Waals surface area (Å²) in [6.45, 7) is 0. The van der Waals surface area contributed by atoms with Gasteiger partial charge in [0.05, 0.1) is 5.69 Å². The number of hydrogen-bond donors (Lipinski definition) is 0. The first-order valence-electron chi connectivity index (χ1n) is 6.60. The number of nitrogens with zero attached hydrogens (tertiary/aromatic N) is 1. The third-order valence-electron chi connectivity index (χ3n) is 3.81. The van der Waals surface area contributed by atoms with Crippen molar-refractivity contribution in [1.82, 2.24) is 4.98 Å². The van der Waals surface area contributed by atoms with Gasteiger partial charge in [0, 0.05) is 21.3 Å². The fourth-order valence-electron chi connectivity index (χ4n) is 2.68. The van der Waals surface area contributed by atoms with Gasteiger partial charge in [-0.15, -0.1) is 11.3 Å². The second kappa shape index (κ2) is 4.83. The molecule has 0 saturated heterocycles. The van der Waals surface area contributed by atoms with Crippen LogP contribution in [0.4, 0.5) is 0 Å². The summed E-state index contributed by atoms with van der Waals surface area (Å²) in [7, 11) is 0. The highest BCUT2D eigenvalue weighted by atomic mass is 79.9. The van der Waals surface area contributed by atoms with Crippen LogP contribution in [0.15, 0.2) is 58.4 Å². The van der Waals surface area contributed by atoms with Crippen molar-refractivity contribution < 1.29 is 0 Å². The van der Waals surface area contributed by atoms with Gasteiger partial charge in [0.25, 0.3) is 0 Å². The van der Waals surface area contributed by atoms with Crippen molar-refractivity contribution in [2.24, 2.45) is 0 Å². The minimum atomic E-state index is 0.500. The average Bonchev–Trinajstić information content (AvgIpc) is 2.90. The summed E-state index contributed by atoms with van der Waals surface area (Å²) in [5.41, 5.74) is 5.19. The molecule has 0 saturated carbocycles. The van der Waals surface area contributed by atoms with Gasteiger partial charge in [0.1, 0.15) is 5.01 Å². The zero-order chi connectivity index (χ0) is 13.5. The molecule has 1 unspecified atom stereocenters. The highest BCUT2D eigenvalue weighted by Crippen LogP contribution is 2.41. The van der Waals surface area contributed by atoms with E-state index < -0.39 is 0 Å². The maximum Gasteiger partial charge on any atom is 0.101 e. The quantitative estimate of drug-likeness (QED) is 0.619. The molecule has 0 amide bonds. The van der Waals surface area contributed by atoms with Crippen molar-refractivity contribution in [2.45, 2.75) is 12.3 Å². The Kier molecular flexibility index (Phi) is 2.97. The molecule has 4 rings (SSSR count). The molecule has 0 bridgehead atoms. The zero-order valence-electron chi connectivity index (χ0n) is 10.7. The Morgan fingerprint density at radius 2 is 1.85 bits per heavy atom. The number of halogens is 1. The van der Waals surface area contributed by atoms with Crippen LogP contribution in [0.2, 0.25) is 0 Å². The topological polar surface area (TPSA) is 12.9 Å². The van der Waals surface area contributed by atoms with Crippen LogP contribution in [0.1, 0.15) is 22.1 Å². The Bertz CT molecular complexity index is 761. The van der Waals surface area contributed by atoms with E-state index in [-0.39, 0.29) is 0 Å². The molecule has 3 aromatic rings. The van der Waals surface area contributed by atoms with Crippen LogP contribution in [-0.2, 0) is 6.42 Å². The second-order valence-electron chi connectivity index (χ2n) is 5.03. The maximum absolute atomic E-state index is 4.83. The summed E-state index contributed by atoms with van der Waals surface area (Å²) in [5.74, 6) is 0.500. The van der Waals surface area contributed by atoms with Gasteiger partial charge >= 0.3 is 0 Å². The molecule has 1 heterocycles. The van der Waals surface area contributed by atoms with Gasteiger partial charge < -0.3 is 0 Å². The maximum atomic E-state index is 4.83. The van der Waals surface area contributed by atoms with Crippen LogP contribution in [0.3, 0.4) is 0 Å². The number of rotatable bonds is 2. The van der Waals surface area contributed by atoms with Crippen LogP contribution >= 0.6 is 27.3 Å². The van der Waals surface area contributed by atoms with E-state index in [1.807, 2.05) is 0 Å². The number of thiazole rings is 1. The van der Waals surface area contributed by atoms with Gasteiger partial charge in [0.15, 0.2) is 0 Å². The molecule has 2 aromatic carbocycles. The Morgan fingerprint density at radius 3 is 2.65 bits per heavy atom. The fourth-order valence-corrected chi connectivity index (χ4v) is 3.89. The number of benzene rings is 2. The third kappa shape index (κ3) is 2.02. The lowest BCUT2D eigenvalue weighted by Crippen LogP contribution is -2.17. The number of hydrogen-bond acceptors (Lipinski definition) is 2. The summed E-state index contributed by atoms with van der Waals surface area (Å²) >= 11 is 5.24. The minimum absolute atomic E-state index is 0.500. The van der Waals surface area contributed by atoms with Crippen molar-refractivity contribution in [1.29, 1.82) is 0 Å². The van der Waals surface area contributed by atoms with Crippen LogP contribution in [0.5, 0.6) is 0 Å². The Morgan fingerprint density at radius 1 is 1.05 bits per heavy atom. The first kappa shape index (κ1) is 12.3. The van der Waals surface area contributed by atoms with Crippen LogP contribution in [0.25, 0.3) is 11.3 Å². The van der Waals surface area contributed by atoms with E-state index in [4.69, 9.17) is 4.98 Å². The molecule has 0 fully saturated rings. The fraction of sp³-hybridized carbons (Fsp3) is 0.118. The molecule has 98 valence electrons. The SMILES string of the molecule is Brc1ccc(-c2csc(C3Cc4ccccc43)n2)cc1. The molecule has 1 atom stereocenters. The van der Waals surface area contributed by atoms with Gasteiger partial charge in [-0.1, -0.05) is 52.3 Å². The first-order valence-corrected chi connectivity index (χ1v) is 8.28. The molecule has 20 heavy (non-hydrogen) atoms. The third-order valence-corrected chi connectivity index (χ3v) is 5.30. The van der Waals surface area contributed by atoms with Gasteiger partial charge in [-0.25, -0.2) is 4.98 Å². The summed E-state index contributed by atoms with van der Waals surface area (Å²) in [6.07, 6.45) is 1.13. The van der Waals surface area contributed by atoms with Crippen molar-refractivity contribution in [3.8, 4) is 11.3 Å². The minimum Gasteiger partial charge on any atom is -0.241 e. The normalized spacial score (nSPS) is 16.6. The Balaban J connectivity index is 1.65. The largest absolute Gasteiger partial charge is 0.241 e. The van der Waals surface area contributed by atoms with E-state index in [9.17, 15) is 0 Å². The molecular formula is C17H12BrNS. The van der Waals surface area contributed by atoms with E-state index >= 15 is 0 Å². The molecule has 3 heteroatoms. The molecule has 0 radical (unpaired) electrons. The average molecular weight is 342 g/mol. The van der Waals surface area contributed by atoms with Crippen LogP contribution in [-0.4, -0.2) is 4.98 Å². The summed E-state index contributed by atoms with van der Waals surface area (Å²) in [4.78, 5) is 4.83. The van der Waals surface area contributed by atoms with E-state index in [1.54, 1.807) is 11.3 Å². The van der Waals surface area contributed by atoms with Crippen LogP contribution in [0, 0.1) is 0 Å². The monoisotopic (exact) mass is 341 g/mol. The lowest BCUT2D eigenvalue weighted by atomic mass is 9.78. The molecule has 0 spiro atoms. The first-order chi connectivity index (χ1) is 9.81. The van der Waals surface area contributed by atoms with E-state index in [0.29, 0.717) is 5.92 Å². The van der Waals surface area contributed by atoms with Gasteiger partial charge in [-0.3, -0.25) is 0 Å². The van der Waals surface area contributed by atoms with Crippen molar-refractivity contribution in [2.75, 3.05) is 0 Å². The molecule has 1 aromatic heterocycles. The van der Waals surface area contributed by atoms with Crippen LogP contribution < -0.4 is 0 Å². The van der Waals surface area contributed by atoms with Gasteiger partial charge in [-0.05, 0) is 29.7 Å². The highest BCUT2D eigenvalue weighted by Gasteiger charge is 2.29.